The van der Waals surface area contributed by atoms with Gasteiger partial charge in [-0.25, -0.2) is 0 Å². The summed E-state index contributed by atoms with van der Waals surface area (Å²) in [6.45, 7) is 1.13. The van der Waals surface area contributed by atoms with E-state index in [0.29, 0.717) is 24.9 Å². The van der Waals surface area contributed by atoms with E-state index in [0.717, 1.165) is 25.7 Å². The lowest BCUT2D eigenvalue weighted by molar-refractivity contribution is -0.384. The quantitative estimate of drug-likeness (QED) is 0.592. The molecule has 7 nitrogen and oxygen atoms in total. The Labute approximate surface area is 133 Å². The minimum Gasteiger partial charge on any atom is -0.352 e. The summed E-state index contributed by atoms with van der Waals surface area (Å²) >= 11 is 0. The first-order valence-electron chi connectivity index (χ1n) is 7.89. The van der Waals surface area contributed by atoms with Gasteiger partial charge in [0.2, 0.25) is 0 Å². The summed E-state index contributed by atoms with van der Waals surface area (Å²) < 4.78 is 0. The predicted octanol–water partition coefficient (Wildman–Crippen LogP) is 1.87. The van der Waals surface area contributed by atoms with Gasteiger partial charge in [0.15, 0.2) is 0 Å². The van der Waals surface area contributed by atoms with Crippen LogP contribution in [0.25, 0.3) is 0 Å². The first-order chi connectivity index (χ1) is 11.0. The van der Waals surface area contributed by atoms with Crippen molar-refractivity contribution >= 4 is 17.5 Å². The van der Waals surface area contributed by atoms with Gasteiger partial charge in [-0.15, -0.1) is 0 Å². The molecule has 0 aliphatic heterocycles. The van der Waals surface area contributed by atoms with Crippen LogP contribution >= 0.6 is 0 Å². The van der Waals surface area contributed by atoms with Crippen molar-refractivity contribution in [1.82, 2.24) is 10.6 Å². The minimum atomic E-state index is -0.566. The number of nitro groups is 1. The molecule has 0 heterocycles. The van der Waals surface area contributed by atoms with Crippen molar-refractivity contribution in [3.63, 3.8) is 0 Å². The average molecular weight is 317 g/mol. The zero-order valence-electron chi connectivity index (χ0n) is 12.7. The second kappa shape index (κ2) is 6.36. The van der Waals surface area contributed by atoms with Gasteiger partial charge in [0.25, 0.3) is 17.5 Å². The zero-order chi connectivity index (χ0) is 16.4. The van der Waals surface area contributed by atoms with Crippen LogP contribution < -0.4 is 10.6 Å². The highest BCUT2D eigenvalue weighted by atomic mass is 16.6. The molecular weight excluding hydrogens is 298 g/mol. The molecule has 2 amide bonds. The maximum absolute atomic E-state index is 12.3. The number of nitro benzene ring substituents is 1. The lowest BCUT2D eigenvalue weighted by Crippen LogP contribution is -2.31. The fourth-order valence-electron chi connectivity index (χ4n) is 2.34. The Bertz CT molecular complexity index is 651. The third kappa shape index (κ3) is 4.06. The molecule has 0 radical (unpaired) electrons. The topological polar surface area (TPSA) is 101 Å². The van der Waals surface area contributed by atoms with Gasteiger partial charge in [0, 0.05) is 25.2 Å². The maximum atomic E-state index is 12.3. The van der Waals surface area contributed by atoms with Crippen LogP contribution in [0, 0.1) is 22.0 Å². The summed E-state index contributed by atoms with van der Waals surface area (Å²) in [6, 6.07) is 3.78. The third-order valence-electron chi connectivity index (χ3n) is 4.20. The van der Waals surface area contributed by atoms with E-state index in [1.165, 1.54) is 18.2 Å². The monoisotopic (exact) mass is 317 g/mol. The van der Waals surface area contributed by atoms with E-state index in [2.05, 4.69) is 10.6 Å². The summed E-state index contributed by atoms with van der Waals surface area (Å²) in [5.41, 5.74) is 0.0537. The molecule has 1 aromatic carbocycles. The van der Waals surface area contributed by atoms with Crippen LogP contribution in [0.2, 0.25) is 0 Å². The normalized spacial score (nSPS) is 16.7. The van der Waals surface area contributed by atoms with Crippen LogP contribution in [0.5, 0.6) is 0 Å². The molecule has 0 atom stereocenters. The average Bonchev–Trinajstić information content (AvgIpc) is 3.44. The van der Waals surface area contributed by atoms with Crippen molar-refractivity contribution < 1.29 is 14.5 Å². The SMILES string of the molecule is O=C(NCC1CC1)c1ccc([N+](=O)[O-])cc1C(=O)NCC1CC1. The van der Waals surface area contributed by atoms with Gasteiger partial charge in [-0.2, -0.15) is 0 Å². The van der Waals surface area contributed by atoms with Gasteiger partial charge in [0.05, 0.1) is 16.1 Å². The van der Waals surface area contributed by atoms with Crippen molar-refractivity contribution in [2.75, 3.05) is 13.1 Å². The molecule has 0 unspecified atom stereocenters. The second-order valence-electron chi connectivity index (χ2n) is 6.29. The summed E-state index contributed by atoms with van der Waals surface area (Å²) in [7, 11) is 0. The van der Waals surface area contributed by atoms with Crippen LogP contribution in [0.15, 0.2) is 18.2 Å². The molecule has 7 heteroatoms. The largest absolute Gasteiger partial charge is 0.352 e. The molecule has 122 valence electrons. The summed E-state index contributed by atoms with van der Waals surface area (Å²) in [5.74, 6) is 0.217. The van der Waals surface area contributed by atoms with Crippen LogP contribution in [0.4, 0.5) is 5.69 Å². The van der Waals surface area contributed by atoms with Gasteiger partial charge >= 0.3 is 0 Å². The lowest BCUT2D eigenvalue weighted by Gasteiger charge is -2.10. The van der Waals surface area contributed by atoms with Crippen molar-refractivity contribution in [1.29, 1.82) is 0 Å². The number of nitrogens with one attached hydrogen (secondary N) is 2. The second-order valence-corrected chi connectivity index (χ2v) is 6.29. The molecule has 2 saturated carbocycles. The highest BCUT2D eigenvalue weighted by Crippen LogP contribution is 2.28. The van der Waals surface area contributed by atoms with Crippen molar-refractivity contribution in [3.05, 3.63) is 39.4 Å². The molecular formula is C16H19N3O4. The Kier molecular flexibility index (Phi) is 4.27. The van der Waals surface area contributed by atoms with E-state index in [-0.39, 0.29) is 22.7 Å². The number of hydrogen-bond donors (Lipinski definition) is 2. The van der Waals surface area contributed by atoms with Crippen LogP contribution in [-0.2, 0) is 0 Å². The van der Waals surface area contributed by atoms with Crippen molar-refractivity contribution in [2.45, 2.75) is 25.7 Å². The number of amides is 2. The summed E-state index contributed by atoms with van der Waals surface area (Å²) in [4.78, 5) is 35.0. The Hall–Kier alpha value is -2.44. The summed E-state index contributed by atoms with van der Waals surface area (Å²) in [5, 5.41) is 16.5. The minimum absolute atomic E-state index is 0.0631. The Morgan fingerprint density at radius 3 is 2.00 bits per heavy atom. The number of non-ortho nitro benzene ring substituents is 1. The van der Waals surface area contributed by atoms with E-state index in [1.807, 2.05) is 0 Å². The fraction of sp³-hybridized carbons (Fsp3) is 0.500. The Morgan fingerprint density at radius 1 is 1.00 bits per heavy atom. The number of rotatable bonds is 7. The summed E-state index contributed by atoms with van der Waals surface area (Å²) in [6.07, 6.45) is 4.39. The van der Waals surface area contributed by atoms with E-state index in [4.69, 9.17) is 0 Å². The Balaban J connectivity index is 1.78. The van der Waals surface area contributed by atoms with Gasteiger partial charge in [-0.3, -0.25) is 19.7 Å². The molecule has 3 rings (SSSR count). The molecule has 2 aliphatic carbocycles. The predicted molar refractivity (Wildman–Crippen MR) is 83.2 cm³/mol. The van der Waals surface area contributed by atoms with Crippen LogP contribution in [0.3, 0.4) is 0 Å². The van der Waals surface area contributed by atoms with E-state index in [1.54, 1.807) is 0 Å². The van der Waals surface area contributed by atoms with Crippen LogP contribution in [-0.4, -0.2) is 29.8 Å². The molecule has 23 heavy (non-hydrogen) atoms. The highest BCUT2D eigenvalue weighted by Gasteiger charge is 2.26. The fourth-order valence-corrected chi connectivity index (χ4v) is 2.34. The highest BCUT2D eigenvalue weighted by molar-refractivity contribution is 6.07. The third-order valence-corrected chi connectivity index (χ3v) is 4.20. The van der Waals surface area contributed by atoms with Gasteiger partial charge < -0.3 is 10.6 Å². The number of nitrogens with zero attached hydrogens (tertiary/aromatic N) is 1. The molecule has 2 fully saturated rings. The van der Waals surface area contributed by atoms with Crippen molar-refractivity contribution in [3.8, 4) is 0 Å². The first-order valence-corrected chi connectivity index (χ1v) is 7.89. The maximum Gasteiger partial charge on any atom is 0.270 e. The molecule has 0 spiro atoms. The molecule has 1 aromatic rings. The molecule has 0 aromatic heterocycles. The molecule has 0 saturated heterocycles. The van der Waals surface area contributed by atoms with Crippen LogP contribution in [0.1, 0.15) is 46.4 Å². The van der Waals surface area contributed by atoms with Gasteiger partial charge in [-0.1, -0.05) is 0 Å². The Morgan fingerprint density at radius 2 is 1.52 bits per heavy atom. The van der Waals surface area contributed by atoms with Crippen molar-refractivity contribution in [2.24, 2.45) is 11.8 Å². The van der Waals surface area contributed by atoms with E-state index < -0.39 is 10.8 Å². The first kappa shape index (κ1) is 15.5. The smallest absolute Gasteiger partial charge is 0.270 e. The zero-order valence-corrected chi connectivity index (χ0v) is 12.7. The van der Waals surface area contributed by atoms with E-state index >= 15 is 0 Å². The number of carbonyl (C=O) groups excluding carboxylic acids is 2. The van der Waals surface area contributed by atoms with E-state index in [9.17, 15) is 19.7 Å². The number of carbonyl (C=O) groups is 2. The lowest BCUT2D eigenvalue weighted by atomic mass is 10.0. The number of hydrogen-bond acceptors (Lipinski definition) is 4. The number of benzene rings is 1. The standard InChI is InChI=1S/C16H19N3O4/c20-15(17-8-10-1-2-10)13-6-5-12(19(22)23)7-14(13)16(21)18-9-11-3-4-11/h5-7,10-11H,1-4,8-9H2,(H,17,20)(H,18,21). The van der Waals surface area contributed by atoms with Gasteiger partial charge in [0.1, 0.15) is 0 Å². The molecule has 2 aliphatic rings. The van der Waals surface area contributed by atoms with Gasteiger partial charge in [-0.05, 0) is 43.6 Å². The molecule has 2 N–H and O–H groups in total. The molecule has 0 bridgehead atoms.